The lowest BCUT2D eigenvalue weighted by molar-refractivity contribution is -0.137. The molecule has 1 unspecified atom stereocenters. The van der Waals surface area contributed by atoms with Crippen molar-refractivity contribution >= 4 is 46.7 Å². The van der Waals surface area contributed by atoms with Crippen LogP contribution in [0.4, 0.5) is 13.2 Å². The number of alkyl halides is 3. The Bertz CT molecular complexity index is 1120. The number of Topliss-reactive ketones (excluding diaryl/α,β-unsaturated/α-hetero) is 1. The van der Waals surface area contributed by atoms with Crippen LogP contribution in [0.15, 0.2) is 51.8 Å². The molecule has 0 spiro atoms. The van der Waals surface area contributed by atoms with Crippen LogP contribution in [0.5, 0.6) is 0 Å². The van der Waals surface area contributed by atoms with Gasteiger partial charge in [-0.15, -0.1) is 11.3 Å². The van der Waals surface area contributed by atoms with Crippen molar-refractivity contribution in [2.45, 2.75) is 29.2 Å². The first-order chi connectivity index (χ1) is 14.2. The molecular weight excluding hydrogens is 453 g/mol. The smallest absolute Gasteiger partial charge is 0.290 e. The summed E-state index contributed by atoms with van der Waals surface area (Å²) in [5.41, 5.74) is 1.98. The van der Waals surface area contributed by atoms with Crippen LogP contribution in [0.3, 0.4) is 0 Å². The summed E-state index contributed by atoms with van der Waals surface area (Å²) in [4.78, 5) is 22.5. The summed E-state index contributed by atoms with van der Waals surface area (Å²) < 4.78 is 38.7. The maximum Gasteiger partial charge on any atom is 0.416 e. The Morgan fingerprint density at radius 3 is 2.57 bits per heavy atom. The highest BCUT2D eigenvalue weighted by atomic mass is 35.5. The van der Waals surface area contributed by atoms with Gasteiger partial charge in [0.2, 0.25) is 5.78 Å². The van der Waals surface area contributed by atoms with Gasteiger partial charge in [-0.25, -0.2) is 4.98 Å². The maximum atomic E-state index is 13.0. The number of halogens is 4. The Hall–Kier alpha value is -2.16. The van der Waals surface area contributed by atoms with E-state index in [4.69, 9.17) is 11.6 Å². The molecule has 0 radical (unpaired) electrons. The van der Waals surface area contributed by atoms with Gasteiger partial charge < -0.3 is 0 Å². The molecule has 30 heavy (non-hydrogen) atoms. The number of nitrogens with zero attached hydrogens (tertiary/aromatic N) is 2. The van der Waals surface area contributed by atoms with Crippen molar-refractivity contribution in [2.75, 3.05) is 0 Å². The van der Waals surface area contributed by atoms with Gasteiger partial charge in [0.1, 0.15) is 11.7 Å². The van der Waals surface area contributed by atoms with Gasteiger partial charge >= 0.3 is 6.18 Å². The standard InChI is InChI=1S/C21H14ClF3N2OS2/c1-11-3-2-4-14(22)16(11)18-19(28)17-15(9-26-18)30-20(27-17)29-10-12-5-7-13(8-6-12)21(23,24)25/h2-9,18H,10H2,1H3. The summed E-state index contributed by atoms with van der Waals surface area (Å²) in [6.07, 6.45) is -2.71. The number of hydrogen-bond donors (Lipinski definition) is 0. The number of carbonyl (C=O) groups excluding carboxylic acids is 1. The number of carbonyl (C=O) groups is 1. The molecule has 9 heteroatoms. The summed E-state index contributed by atoms with van der Waals surface area (Å²) >= 11 is 9.01. The number of hydrogen-bond acceptors (Lipinski definition) is 5. The van der Waals surface area contributed by atoms with Gasteiger partial charge in [0.05, 0.1) is 10.4 Å². The molecule has 3 aromatic rings. The van der Waals surface area contributed by atoms with Gasteiger partial charge in [0.15, 0.2) is 4.34 Å². The van der Waals surface area contributed by atoms with E-state index in [2.05, 4.69) is 9.98 Å². The molecule has 1 aromatic heterocycles. The molecule has 0 aliphatic carbocycles. The first-order valence-electron chi connectivity index (χ1n) is 8.86. The van der Waals surface area contributed by atoms with E-state index in [1.807, 2.05) is 19.1 Å². The molecule has 1 aliphatic rings. The second kappa shape index (κ2) is 8.17. The second-order valence-electron chi connectivity index (χ2n) is 6.69. The Kier molecular flexibility index (Phi) is 5.74. The average Bonchev–Trinajstić information content (AvgIpc) is 3.12. The third kappa shape index (κ3) is 4.17. The number of rotatable bonds is 4. The fraction of sp³-hybridized carbons (Fsp3) is 0.190. The first-order valence-corrected chi connectivity index (χ1v) is 11.0. The number of thiazole rings is 1. The molecule has 0 N–H and O–H groups in total. The minimum absolute atomic E-state index is 0.207. The molecule has 4 rings (SSSR count). The van der Waals surface area contributed by atoms with Crippen molar-refractivity contribution in [3.8, 4) is 0 Å². The fourth-order valence-electron chi connectivity index (χ4n) is 3.11. The second-order valence-corrected chi connectivity index (χ2v) is 9.35. The summed E-state index contributed by atoms with van der Waals surface area (Å²) in [6, 6.07) is 9.74. The van der Waals surface area contributed by atoms with Gasteiger partial charge in [0.25, 0.3) is 0 Å². The predicted molar refractivity (Wildman–Crippen MR) is 114 cm³/mol. The van der Waals surface area contributed by atoms with E-state index in [1.54, 1.807) is 12.3 Å². The molecule has 2 heterocycles. The molecule has 2 aromatic carbocycles. The molecular formula is C21H14ClF3N2OS2. The summed E-state index contributed by atoms with van der Waals surface area (Å²) in [6.45, 7) is 1.88. The molecule has 1 atom stereocenters. The minimum Gasteiger partial charge on any atom is -0.290 e. The quantitative estimate of drug-likeness (QED) is 0.398. The topological polar surface area (TPSA) is 42.3 Å². The monoisotopic (exact) mass is 466 g/mol. The van der Waals surface area contributed by atoms with Crippen LogP contribution in [-0.4, -0.2) is 17.0 Å². The summed E-state index contributed by atoms with van der Waals surface area (Å²) in [5.74, 6) is 0.240. The van der Waals surface area contributed by atoms with Gasteiger partial charge in [-0.1, -0.05) is 47.6 Å². The molecule has 0 saturated heterocycles. The highest BCUT2D eigenvalue weighted by Crippen LogP contribution is 2.38. The zero-order valence-electron chi connectivity index (χ0n) is 15.5. The Morgan fingerprint density at radius 1 is 1.17 bits per heavy atom. The number of fused-ring (bicyclic) bond motifs is 1. The van der Waals surface area contributed by atoms with Gasteiger partial charge in [-0.05, 0) is 36.2 Å². The first kappa shape index (κ1) is 21.1. The van der Waals surface area contributed by atoms with Crippen molar-refractivity contribution in [1.29, 1.82) is 0 Å². The van der Waals surface area contributed by atoms with Crippen LogP contribution in [0.25, 0.3) is 0 Å². The zero-order valence-corrected chi connectivity index (χ0v) is 17.9. The molecule has 0 amide bonds. The van der Waals surface area contributed by atoms with E-state index in [-0.39, 0.29) is 5.78 Å². The normalized spacial score (nSPS) is 16.0. The molecule has 0 fully saturated rings. The Balaban J connectivity index is 1.50. The Labute approximate surface area is 184 Å². The molecule has 0 bridgehead atoms. The number of thioether (sulfide) groups is 1. The number of aryl methyl sites for hydroxylation is 1. The lowest BCUT2D eigenvalue weighted by Gasteiger charge is -2.17. The molecule has 154 valence electrons. The van der Waals surface area contributed by atoms with Crippen molar-refractivity contribution in [2.24, 2.45) is 4.99 Å². The SMILES string of the molecule is Cc1cccc(Cl)c1C1N=Cc2sc(SCc3ccc(C(F)(F)F)cc3)nc2C1=O. The van der Waals surface area contributed by atoms with E-state index in [9.17, 15) is 18.0 Å². The van der Waals surface area contributed by atoms with Crippen LogP contribution in [0, 0.1) is 6.92 Å². The molecule has 1 aliphatic heterocycles. The predicted octanol–water partition coefficient (Wildman–Crippen LogP) is 6.77. The van der Waals surface area contributed by atoms with E-state index in [0.29, 0.717) is 31.2 Å². The third-order valence-electron chi connectivity index (χ3n) is 4.64. The fourth-order valence-corrected chi connectivity index (χ4v) is 5.44. The molecule has 3 nitrogen and oxygen atoms in total. The van der Waals surface area contributed by atoms with Crippen LogP contribution >= 0.6 is 34.7 Å². The number of aromatic nitrogens is 1. The van der Waals surface area contributed by atoms with E-state index in [0.717, 1.165) is 23.3 Å². The lowest BCUT2D eigenvalue weighted by atomic mass is 9.95. The van der Waals surface area contributed by atoms with Crippen molar-refractivity contribution < 1.29 is 18.0 Å². The maximum absolute atomic E-state index is 13.0. The van der Waals surface area contributed by atoms with Crippen molar-refractivity contribution in [3.05, 3.63) is 80.3 Å². The van der Waals surface area contributed by atoms with Gasteiger partial charge in [-0.2, -0.15) is 13.2 Å². The summed E-state index contributed by atoms with van der Waals surface area (Å²) in [7, 11) is 0. The zero-order chi connectivity index (χ0) is 21.5. The van der Waals surface area contributed by atoms with E-state index >= 15 is 0 Å². The van der Waals surface area contributed by atoms with Crippen molar-refractivity contribution in [3.63, 3.8) is 0 Å². The van der Waals surface area contributed by atoms with Crippen LogP contribution in [0.2, 0.25) is 5.02 Å². The molecule has 0 saturated carbocycles. The van der Waals surface area contributed by atoms with Gasteiger partial charge in [0, 0.05) is 22.6 Å². The Morgan fingerprint density at radius 2 is 1.90 bits per heavy atom. The van der Waals surface area contributed by atoms with Gasteiger partial charge in [-0.3, -0.25) is 9.79 Å². The average molecular weight is 467 g/mol. The van der Waals surface area contributed by atoms with Crippen LogP contribution < -0.4 is 0 Å². The van der Waals surface area contributed by atoms with Crippen molar-refractivity contribution in [1.82, 2.24) is 4.98 Å². The number of benzene rings is 2. The van der Waals surface area contributed by atoms with E-state index < -0.39 is 17.8 Å². The highest BCUT2D eigenvalue weighted by molar-refractivity contribution is 8.00. The van der Waals surface area contributed by atoms with E-state index in [1.165, 1.54) is 35.2 Å². The minimum atomic E-state index is -4.35. The third-order valence-corrected chi connectivity index (χ3v) is 7.18. The van der Waals surface area contributed by atoms with Crippen LogP contribution in [0.1, 0.15) is 43.7 Å². The lowest BCUT2D eigenvalue weighted by Crippen LogP contribution is -2.18. The summed E-state index contributed by atoms with van der Waals surface area (Å²) in [5, 5.41) is 0.487. The van der Waals surface area contributed by atoms with Crippen LogP contribution in [-0.2, 0) is 11.9 Å². The highest BCUT2D eigenvalue weighted by Gasteiger charge is 2.32. The number of aliphatic imine (C=N–C) groups is 1. The number of ketones is 1. The largest absolute Gasteiger partial charge is 0.416 e.